The van der Waals surface area contributed by atoms with Crippen LogP contribution in [0.25, 0.3) is 0 Å². The van der Waals surface area contributed by atoms with Crippen LogP contribution in [0.5, 0.6) is 0 Å². The Hall–Kier alpha value is -0.790. The van der Waals surface area contributed by atoms with Crippen molar-refractivity contribution in [3.63, 3.8) is 0 Å². The summed E-state index contributed by atoms with van der Waals surface area (Å²) in [4.78, 5) is 0. The van der Waals surface area contributed by atoms with Crippen molar-refractivity contribution in [3.8, 4) is 0 Å². The van der Waals surface area contributed by atoms with Crippen LogP contribution in [0, 0.1) is 0 Å². The molecule has 1 aromatic rings. The lowest BCUT2D eigenvalue weighted by molar-refractivity contribution is 0.409. The van der Waals surface area contributed by atoms with Crippen LogP contribution >= 0.6 is 15.9 Å². The third-order valence-electron chi connectivity index (χ3n) is 2.77. The third kappa shape index (κ3) is 2.96. The Labute approximate surface area is 117 Å². The van der Waals surface area contributed by atoms with Crippen molar-refractivity contribution in [3.05, 3.63) is 22.7 Å². The summed E-state index contributed by atoms with van der Waals surface area (Å²) in [5.41, 5.74) is 6.71. The Morgan fingerprint density at radius 2 is 1.83 bits per heavy atom. The first-order chi connectivity index (χ1) is 8.17. The predicted molar refractivity (Wildman–Crippen MR) is 78.8 cm³/mol. The molecular formula is C11H18BrN3O2S. The van der Waals surface area contributed by atoms with Crippen molar-refractivity contribution in [2.24, 2.45) is 0 Å². The van der Waals surface area contributed by atoms with Gasteiger partial charge in [-0.3, -0.25) is 4.31 Å². The maximum atomic E-state index is 12.3. The quantitative estimate of drug-likeness (QED) is 0.856. The van der Waals surface area contributed by atoms with Crippen molar-refractivity contribution < 1.29 is 8.42 Å². The molecular weight excluding hydrogens is 318 g/mol. The van der Waals surface area contributed by atoms with Crippen molar-refractivity contribution in [2.45, 2.75) is 19.9 Å². The van der Waals surface area contributed by atoms with Gasteiger partial charge in [-0.25, -0.2) is 0 Å². The molecule has 0 saturated heterocycles. The molecule has 0 unspecified atom stereocenters. The second kappa shape index (κ2) is 5.46. The number of nitrogen functional groups attached to an aromatic ring is 1. The van der Waals surface area contributed by atoms with E-state index in [2.05, 4.69) is 15.9 Å². The number of benzene rings is 1. The van der Waals surface area contributed by atoms with Gasteiger partial charge < -0.3 is 5.73 Å². The van der Waals surface area contributed by atoms with E-state index in [1.165, 1.54) is 15.7 Å². The summed E-state index contributed by atoms with van der Waals surface area (Å²) < 4.78 is 27.9. The Balaban J connectivity index is 3.18. The van der Waals surface area contributed by atoms with Gasteiger partial charge in [0.2, 0.25) is 0 Å². The normalized spacial score (nSPS) is 12.2. The lowest BCUT2D eigenvalue weighted by Gasteiger charge is -2.29. The summed E-state index contributed by atoms with van der Waals surface area (Å²) in [6.45, 7) is 3.63. The summed E-state index contributed by atoms with van der Waals surface area (Å²) in [5.74, 6) is 0. The minimum atomic E-state index is -3.56. The van der Waals surface area contributed by atoms with Crippen molar-refractivity contribution >= 4 is 37.5 Å². The van der Waals surface area contributed by atoms with Crippen LogP contribution in [-0.4, -0.2) is 32.9 Å². The largest absolute Gasteiger partial charge is 0.397 e. The Morgan fingerprint density at radius 1 is 1.28 bits per heavy atom. The van der Waals surface area contributed by atoms with Gasteiger partial charge in [-0.15, -0.1) is 0 Å². The van der Waals surface area contributed by atoms with Crippen LogP contribution in [0.3, 0.4) is 0 Å². The van der Waals surface area contributed by atoms with E-state index in [-0.39, 0.29) is 6.04 Å². The number of nitrogens with two attached hydrogens (primary N) is 1. The first-order valence-corrected chi connectivity index (χ1v) is 7.64. The van der Waals surface area contributed by atoms with E-state index >= 15 is 0 Å². The van der Waals surface area contributed by atoms with Gasteiger partial charge in [0.25, 0.3) is 0 Å². The highest BCUT2D eigenvalue weighted by atomic mass is 79.9. The van der Waals surface area contributed by atoms with E-state index in [1.54, 1.807) is 25.2 Å². The van der Waals surface area contributed by atoms with Gasteiger partial charge in [-0.2, -0.15) is 12.7 Å². The molecule has 0 amide bonds. The van der Waals surface area contributed by atoms with Gasteiger partial charge in [0.1, 0.15) is 0 Å². The molecule has 7 heteroatoms. The summed E-state index contributed by atoms with van der Waals surface area (Å²) in [6, 6.07) is 4.99. The van der Waals surface area contributed by atoms with Crippen LogP contribution in [0.4, 0.5) is 11.4 Å². The van der Waals surface area contributed by atoms with E-state index < -0.39 is 10.2 Å². The summed E-state index contributed by atoms with van der Waals surface area (Å²) in [6.07, 6.45) is 0. The number of nitrogens with zero attached hydrogens (tertiary/aromatic N) is 2. The number of hydrogen-bond donors (Lipinski definition) is 1. The van der Waals surface area contributed by atoms with Crippen molar-refractivity contribution in [1.82, 2.24) is 4.31 Å². The summed E-state index contributed by atoms with van der Waals surface area (Å²) in [5, 5.41) is 0. The average Bonchev–Trinajstić information content (AvgIpc) is 2.27. The highest BCUT2D eigenvalue weighted by molar-refractivity contribution is 9.10. The molecule has 0 spiro atoms. The molecule has 2 N–H and O–H groups in total. The SMILES string of the molecule is CC(C)N(C)S(=O)(=O)N(C)c1ccc(Br)cc1N. The van der Waals surface area contributed by atoms with Crippen LogP contribution in [0.15, 0.2) is 22.7 Å². The molecule has 0 heterocycles. The molecule has 18 heavy (non-hydrogen) atoms. The molecule has 0 aromatic heterocycles. The average molecular weight is 336 g/mol. The monoisotopic (exact) mass is 335 g/mol. The van der Waals surface area contributed by atoms with Gasteiger partial charge in [0, 0.05) is 24.6 Å². The van der Waals surface area contributed by atoms with Crippen LogP contribution in [-0.2, 0) is 10.2 Å². The van der Waals surface area contributed by atoms with Crippen molar-refractivity contribution in [2.75, 3.05) is 24.1 Å². The van der Waals surface area contributed by atoms with E-state index in [9.17, 15) is 8.42 Å². The Morgan fingerprint density at radius 3 is 2.28 bits per heavy atom. The van der Waals surface area contributed by atoms with Gasteiger partial charge in [-0.1, -0.05) is 15.9 Å². The standard InChI is InChI=1S/C11H18BrN3O2S/c1-8(2)14(3)18(16,17)15(4)11-6-5-9(12)7-10(11)13/h5-8H,13H2,1-4H3. The molecule has 0 aliphatic heterocycles. The molecule has 0 fully saturated rings. The fraction of sp³-hybridized carbons (Fsp3) is 0.455. The molecule has 0 aliphatic rings. The van der Waals surface area contributed by atoms with Crippen LogP contribution in [0.2, 0.25) is 0 Å². The number of halogens is 1. The van der Waals surface area contributed by atoms with Gasteiger partial charge >= 0.3 is 10.2 Å². The zero-order valence-corrected chi connectivity index (χ0v) is 13.3. The maximum Gasteiger partial charge on any atom is 0.303 e. The smallest absolute Gasteiger partial charge is 0.303 e. The number of hydrogen-bond acceptors (Lipinski definition) is 3. The molecule has 5 nitrogen and oxygen atoms in total. The van der Waals surface area contributed by atoms with Gasteiger partial charge in [-0.05, 0) is 32.0 Å². The second-order valence-corrected chi connectivity index (χ2v) is 7.22. The van der Waals surface area contributed by atoms with E-state index in [4.69, 9.17) is 5.73 Å². The highest BCUT2D eigenvalue weighted by Gasteiger charge is 2.27. The van der Waals surface area contributed by atoms with Crippen LogP contribution in [0.1, 0.15) is 13.8 Å². The molecule has 0 bridgehead atoms. The molecule has 0 atom stereocenters. The number of rotatable bonds is 4. The van der Waals surface area contributed by atoms with Crippen LogP contribution < -0.4 is 10.0 Å². The Bertz CT molecular complexity index is 531. The Kier molecular flexibility index (Phi) is 4.63. The lowest BCUT2D eigenvalue weighted by atomic mass is 10.3. The van der Waals surface area contributed by atoms with E-state index in [0.29, 0.717) is 11.4 Å². The fourth-order valence-corrected chi connectivity index (χ4v) is 3.11. The highest BCUT2D eigenvalue weighted by Crippen LogP contribution is 2.28. The molecule has 1 aromatic carbocycles. The third-order valence-corrected chi connectivity index (χ3v) is 5.30. The molecule has 102 valence electrons. The maximum absolute atomic E-state index is 12.3. The van der Waals surface area contributed by atoms with Gasteiger partial charge in [0.05, 0.1) is 11.4 Å². The summed E-state index contributed by atoms with van der Waals surface area (Å²) in [7, 11) is -0.514. The first kappa shape index (κ1) is 15.3. The summed E-state index contributed by atoms with van der Waals surface area (Å²) >= 11 is 3.29. The lowest BCUT2D eigenvalue weighted by Crippen LogP contribution is -2.43. The minimum absolute atomic E-state index is 0.117. The first-order valence-electron chi connectivity index (χ1n) is 5.45. The second-order valence-electron chi connectivity index (χ2n) is 4.29. The fourth-order valence-electron chi connectivity index (χ4n) is 1.40. The van der Waals surface area contributed by atoms with Gasteiger partial charge in [0.15, 0.2) is 0 Å². The molecule has 0 radical (unpaired) electrons. The molecule has 0 saturated carbocycles. The minimum Gasteiger partial charge on any atom is -0.397 e. The molecule has 0 aliphatic carbocycles. The zero-order valence-electron chi connectivity index (χ0n) is 10.9. The van der Waals surface area contributed by atoms with Crippen molar-refractivity contribution in [1.29, 1.82) is 0 Å². The number of anilines is 2. The predicted octanol–water partition coefficient (Wildman–Crippen LogP) is 2.05. The van der Waals surface area contributed by atoms with E-state index in [1.807, 2.05) is 13.8 Å². The zero-order chi connectivity index (χ0) is 14.1. The molecule has 1 rings (SSSR count). The van der Waals surface area contributed by atoms with E-state index in [0.717, 1.165) is 4.47 Å². The topological polar surface area (TPSA) is 66.6 Å².